The molecule has 3 aliphatic heterocycles. The molecular weight excluding hydrogens is 404 g/mol. The number of hydrogen-bond donors (Lipinski definition) is 4. The summed E-state index contributed by atoms with van der Waals surface area (Å²) in [5.74, 6) is 2.73. The van der Waals surface area contributed by atoms with Gasteiger partial charge in [-0.05, 0) is 30.5 Å². The van der Waals surface area contributed by atoms with Crippen LogP contribution in [0.25, 0.3) is 0 Å². The van der Waals surface area contributed by atoms with Gasteiger partial charge >= 0.3 is 0 Å². The van der Waals surface area contributed by atoms with Crippen molar-refractivity contribution in [2.24, 2.45) is 0 Å². The number of benzene rings is 1. The van der Waals surface area contributed by atoms with Crippen LogP contribution in [0.3, 0.4) is 0 Å². The van der Waals surface area contributed by atoms with Crippen LogP contribution < -0.4 is 19.7 Å². The van der Waals surface area contributed by atoms with Crippen molar-refractivity contribution in [1.29, 1.82) is 0 Å². The number of aliphatic hydroxyl groups excluding tert-OH is 3. The van der Waals surface area contributed by atoms with E-state index in [0.717, 1.165) is 29.0 Å². The van der Waals surface area contributed by atoms with Crippen LogP contribution in [0.1, 0.15) is 17.5 Å². The molecule has 4 heterocycles. The van der Waals surface area contributed by atoms with Crippen LogP contribution in [0.5, 0.6) is 11.5 Å². The molecule has 0 amide bonds. The molecule has 2 aromatic rings. The summed E-state index contributed by atoms with van der Waals surface area (Å²) in [5, 5.41) is 33.4. The lowest BCUT2D eigenvalue weighted by Gasteiger charge is -2.29. The third-order valence-corrected chi connectivity index (χ3v) is 5.68. The summed E-state index contributed by atoms with van der Waals surface area (Å²) in [4.78, 5) is 10.5. The molecule has 0 aliphatic carbocycles. The Kier molecular flexibility index (Phi) is 5.36. The molecule has 1 aromatic carbocycles. The average molecular weight is 428 g/mol. The summed E-state index contributed by atoms with van der Waals surface area (Å²) >= 11 is 0. The smallest absolute Gasteiger partial charge is 0.231 e. The Morgan fingerprint density at radius 3 is 2.84 bits per heavy atom. The molecule has 0 saturated carbocycles. The van der Waals surface area contributed by atoms with Crippen molar-refractivity contribution >= 4 is 11.6 Å². The van der Waals surface area contributed by atoms with Gasteiger partial charge in [-0.1, -0.05) is 12.1 Å². The lowest BCUT2D eigenvalue weighted by Crippen LogP contribution is -2.42. The molecule has 164 valence electrons. The van der Waals surface area contributed by atoms with Crippen LogP contribution in [0.2, 0.25) is 0 Å². The number of nitrogens with one attached hydrogen (secondary N) is 1. The highest BCUT2D eigenvalue weighted by Crippen LogP contribution is 2.35. The Morgan fingerprint density at radius 2 is 2.00 bits per heavy atom. The van der Waals surface area contributed by atoms with Crippen molar-refractivity contribution in [3.8, 4) is 11.5 Å². The zero-order valence-electron chi connectivity index (χ0n) is 16.7. The van der Waals surface area contributed by atoms with Gasteiger partial charge in [0.25, 0.3) is 0 Å². The predicted molar refractivity (Wildman–Crippen MR) is 110 cm³/mol. The number of aromatic nitrogens is 2. The van der Waals surface area contributed by atoms with Gasteiger partial charge in [0, 0.05) is 18.3 Å². The van der Waals surface area contributed by atoms with Gasteiger partial charge in [-0.25, -0.2) is 9.97 Å². The van der Waals surface area contributed by atoms with Gasteiger partial charge in [0.2, 0.25) is 6.79 Å². The van der Waals surface area contributed by atoms with E-state index in [4.69, 9.17) is 14.2 Å². The minimum absolute atomic E-state index is 0.232. The summed E-state index contributed by atoms with van der Waals surface area (Å²) in [7, 11) is 0. The van der Waals surface area contributed by atoms with Crippen molar-refractivity contribution < 1.29 is 29.5 Å². The SMILES string of the molecule is OCC1OC(N2C=CCCc3c(NCc4ccc5c(c4)OCO5)ncnc32)C(O)C1O. The molecule has 10 nitrogen and oxygen atoms in total. The second-order valence-corrected chi connectivity index (χ2v) is 7.63. The van der Waals surface area contributed by atoms with E-state index in [-0.39, 0.29) is 13.4 Å². The molecule has 4 unspecified atom stereocenters. The molecule has 1 aromatic heterocycles. The number of hydrogen-bond acceptors (Lipinski definition) is 10. The zero-order valence-corrected chi connectivity index (χ0v) is 16.7. The van der Waals surface area contributed by atoms with Gasteiger partial charge < -0.3 is 39.7 Å². The molecule has 0 radical (unpaired) electrons. The largest absolute Gasteiger partial charge is 0.454 e. The van der Waals surface area contributed by atoms with Crippen molar-refractivity contribution in [3.63, 3.8) is 0 Å². The van der Waals surface area contributed by atoms with Gasteiger partial charge in [0.15, 0.2) is 17.7 Å². The molecule has 31 heavy (non-hydrogen) atoms. The van der Waals surface area contributed by atoms with E-state index in [0.29, 0.717) is 24.6 Å². The van der Waals surface area contributed by atoms with Gasteiger partial charge in [-0.15, -0.1) is 0 Å². The van der Waals surface area contributed by atoms with Crippen LogP contribution in [-0.2, 0) is 17.7 Å². The topological polar surface area (TPSA) is 129 Å². The third-order valence-electron chi connectivity index (χ3n) is 5.68. The summed E-state index contributed by atoms with van der Waals surface area (Å²) in [6, 6.07) is 5.78. The van der Waals surface area contributed by atoms with E-state index in [1.807, 2.05) is 24.3 Å². The molecule has 10 heteroatoms. The molecule has 1 fully saturated rings. The minimum Gasteiger partial charge on any atom is -0.454 e. The lowest BCUT2D eigenvalue weighted by molar-refractivity contribution is -0.0203. The first-order valence-corrected chi connectivity index (χ1v) is 10.2. The van der Waals surface area contributed by atoms with E-state index in [9.17, 15) is 15.3 Å². The molecule has 4 atom stereocenters. The van der Waals surface area contributed by atoms with Gasteiger partial charge in [-0.2, -0.15) is 0 Å². The number of nitrogens with zero attached hydrogens (tertiary/aromatic N) is 3. The average Bonchev–Trinajstić information content (AvgIpc) is 3.29. The summed E-state index contributed by atoms with van der Waals surface area (Å²) in [6.45, 7) is 0.377. The number of rotatable bonds is 5. The van der Waals surface area contributed by atoms with Gasteiger partial charge in [-0.3, -0.25) is 0 Å². The monoisotopic (exact) mass is 428 g/mol. The van der Waals surface area contributed by atoms with Crippen LogP contribution in [0.4, 0.5) is 11.6 Å². The predicted octanol–water partition coefficient (Wildman–Crippen LogP) is 0.523. The van der Waals surface area contributed by atoms with Crippen molar-refractivity contribution in [1.82, 2.24) is 9.97 Å². The molecule has 0 spiro atoms. The Morgan fingerprint density at radius 1 is 1.13 bits per heavy atom. The normalized spacial score (nSPS) is 26.6. The van der Waals surface area contributed by atoms with Crippen LogP contribution in [-0.4, -0.2) is 63.2 Å². The molecule has 3 aliphatic rings. The Labute approximate surface area is 178 Å². The Balaban J connectivity index is 1.39. The molecule has 0 bridgehead atoms. The van der Waals surface area contributed by atoms with Crippen molar-refractivity contribution in [2.45, 2.75) is 43.9 Å². The first-order chi connectivity index (χ1) is 15.2. The second kappa shape index (κ2) is 8.31. The number of allylic oxidation sites excluding steroid dienone is 1. The standard InChI is InChI=1S/C21H24N4O6/c26-9-16-17(27)18(28)21(31-16)25-6-2-1-3-13-19(23-10-24-20(13)25)22-8-12-4-5-14-15(7-12)30-11-29-14/h2,4-7,10,16-18,21,26-28H,1,3,8-9,11H2,(H,22,23,24). The highest BCUT2D eigenvalue weighted by Gasteiger charge is 2.45. The van der Waals surface area contributed by atoms with Crippen LogP contribution >= 0.6 is 0 Å². The summed E-state index contributed by atoms with van der Waals surface area (Å²) < 4.78 is 16.5. The maximum Gasteiger partial charge on any atom is 0.231 e. The highest BCUT2D eigenvalue weighted by atomic mass is 16.7. The molecule has 1 saturated heterocycles. The van der Waals surface area contributed by atoms with Crippen molar-refractivity contribution in [2.75, 3.05) is 23.6 Å². The maximum absolute atomic E-state index is 10.5. The molecule has 5 rings (SSSR count). The fraction of sp³-hybridized carbons (Fsp3) is 0.429. The zero-order chi connectivity index (χ0) is 21.4. The Hall–Kier alpha value is -2.92. The molecular formula is C21H24N4O6. The molecule has 4 N–H and O–H groups in total. The van der Waals surface area contributed by atoms with Crippen LogP contribution in [0.15, 0.2) is 36.8 Å². The minimum atomic E-state index is -1.19. The Bertz CT molecular complexity index is 986. The second-order valence-electron chi connectivity index (χ2n) is 7.63. The third kappa shape index (κ3) is 3.68. The van der Waals surface area contributed by atoms with E-state index < -0.39 is 24.5 Å². The summed E-state index contributed by atoms with van der Waals surface area (Å²) in [5.41, 5.74) is 1.90. The van der Waals surface area contributed by atoms with Gasteiger partial charge in [0.1, 0.15) is 36.3 Å². The number of anilines is 2. The van der Waals surface area contributed by atoms with E-state index in [1.165, 1.54) is 6.33 Å². The van der Waals surface area contributed by atoms with Crippen molar-refractivity contribution in [3.05, 3.63) is 47.9 Å². The fourth-order valence-corrected chi connectivity index (χ4v) is 4.05. The lowest BCUT2D eigenvalue weighted by atomic mass is 10.1. The number of ether oxygens (including phenoxy) is 3. The first-order valence-electron chi connectivity index (χ1n) is 10.2. The van der Waals surface area contributed by atoms with Crippen LogP contribution in [0, 0.1) is 0 Å². The summed E-state index contributed by atoms with van der Waals surface area (Å²) in [6.07, 6.45) is 2.56. The first kappa shape index (κ1) is 20.0. The highest BCUT2D eigenvalue weighted by molar-refractivity contribution is 5.62. The fourth-order valence-electron chi connectivity index (χ4n) is 4.05. The van der Waals surface area contributed by atoms with Gasteiger partial charge in [0.05, 0.1) is 6.61 Å². The number of aliphatic hydroxyl groups is 3. The van der Waals surface area contributed by atoms with E-state index >= 15 is 0 Å². The number of fused-ring (bicyclic) bond motifs is 2. The maximum atomic E-state index is 10.5. The quantitative estimate of drug-likeness (QED) is 0.535. The van der Waals surface area contributed by atoms with E-state index in [2.05, 4.69) is 15.3 Å². The van der Waals surface area contributed by atoms with E-state index in [1.54, 1.807) is 11.1 Å².